The molecule has 0 saturated heterocycles. The summed E-state index contributed by atoms with van der Waals surface area (Å²) in [5.74, 6) is 0. The third-order valence-electron chi connectivity index (χ3n) is 1.37. The monoisotopic (exact) mass is 270 g/mol. The number of rotatable bonds is 3. The van der Waals surface area contributed by atoms with Gasteiger partial charge in [0.05, 0.1) is 27.1 Å². The fourth-order valence-corrected chi connectivity index (χ4v) is 1.70. The third kappa shape index (κ3) is 2.94. The van der Waals surface area contributed by atoms with Crippen LogP contribution in [0.15, 0.2) is 26.1 Å². The second-order valence-electron chi connectivity index (χ2n) is 2.28. The van der Waals surface area contributed by atoms with Crippen LogP contribution in [-0.2, 0) is 6.54 Å². The van der Waals surface area contributed by atoms with Crippen molar-refractivity contribution in [1.29, 1.82) is 5.26 Å². The van der Waals surface area contributed by atoms with Crippen LogP contribution >= 0.6 is 27.3 Å². The molecule has 1 heterocycles. The molecule has 6 heteroatoms. The SMILES string of the molecule is N#CC(C=NCc1ncsc1Br)=CN. The summed E-state index contributed by atoms with van der Waals surface area (Å²) >= 11 is 4.85. The lowest BCUT2D eigenvalue weighted by Gasteiger charge is -1.89. The van der Waals surface area contributed by atoms with E-state index in [4.69, 9.17) is 11.0 Å². The normalized spacial score (nSPS) is 11.9. The van der Waals surface area contributed by atoms with Gasteiger partial charge in [0, 0.05) is 12.4 Å². The molecular weight excluding hydrogens is 264 g/mol. The highest BCUT2D eigenvalue weighted by atomic mass is 79.9. The van der Waals surface area contributed by atoms with Crippen molar-refractivity contribution in [2.75, 3.05) is 0 Å². The Labute approximate surface area is 93.9 Å². The first kappa shape index (κ1) is 10.9. The van der Waals surface area contributed by atoms with E-state index in [1.807, 2.05) is 6.07 Å². The van der Waals surface area contributed by atoms with Gasteiger partial charge in [0.15, 0.2) is 0 Å². The van der Waals surface area contributed by atoms with Gasteiger partial charge in [-0.1, -0.05) is 0 Å². The number of aliphatic imine (C=N–C) groups is 1. The highest BCUT2D eigenvalue weighted by molar-refractivity contribution is 9.11. The number of thiazole rings is 1. The molecule has 0 bridgehead atoms. The number of hydrogen-bond donors (Lipinski definition) is 1. The molecule has 72 valence electrons. The first-order valence-electron chi connectivity index (χ1n) is 3.67. The lowest BCUT2D eigenvalue weighted by molar-refractivity contribution is 1.01. The molecule has 0 amide bonds. The number of nitriles is 1. The van der Waals surface area contributed by atoms with Crippen molar-refractivity contribution in [2.24, 2.45) is 10.7 Å². The van der Waals surface area contributed by atoms with Gasteiger partial charge in [-0.25, -0.2) is 4.98 Å². The third-order valence-corrected chi connectivity index (χ3v) is 3.04. The predicted octanol–water partition coefficient (Wildman–Crippen LogP) is 1.84. The van der Waals surface area contributed by atoms with Crippen LogP contribution in [0, 0.1) is 11.3 Å². The van der Waals surface area contributed by atoms with Crippen molar-refractivity contribution >= 4 is 33.5 Å². The molecule has 0 aliphatic heterocycles. The van der Waals surface area contributed by atoms with E-state index in [2.05, 4.69) is 25.9 Å². The molecular formula is C8H7BrN4S. The Hall–Kier alpha value is -1.19. The lowest BCUT2D eigenvalue weighted by Crippen LogP contribution is -1.89. The van der Waals surface area contributed by atoms with Crippen molar-refractivity contribution in [2.45, 2.75) is 6.54 Å². The molecule has 0 radical (unpaired) electrons. The molecule has 2 N–H and O–H groups in total. The summed E-state index contributed by atoms with van der Waals surface area (Å²) in [6.45, 7) is 0.448. The van der Waals surface area contributed by atoms with Crippen molar-refractivity contribution in [1.82, 2.24) is 4.98 Å². The van der Waals surface area contributed by atoms with E-state index in [0.717, 1.165) is 9.48 Å². The molecule has 0 unspecified atom stereocenters. The first-order chi connectivity index (χ1) is 6.77. The van der Waals surface area contributed by atoms with E-state index >= 15 is 0 Å². The van der Waals surface area contributed by atoms with Crippen molar-refractivity contribution < 1.29 is 0 Å². The predicted molar refractivity (Wildman–Crippen MR) is 59.9 cm³/mol. The summed E-state index contributed by atoms with van der Waals surface area (Å²) in [7, 11) is 0. The van der Waals surface area contributed by atoms with Gasteiger partial charge < -0.3 is 5.73 Å². The number of halogens is 1. The average Bonchev–Trinajstić information content (AvgIpc) is 2.59. The van der Waals surface area contributed by atoms with E-state index in [0.29, 0.717) is 12.1 Å². The van der Waals surface area contributed by atoms with E-state index in [9.17, 15) is 0 Å². The van der Waals surface area contributed by atoms with Gasteiger partial charge >= 0.3 is 0 Å². The highest BCUT2D eigenvalue weighted by Gasteiger charge is 2.00. The van der Waals surface area contributed by atoms with Crippen LogP contribution in [0.2, 0.25) is 0 Å². The molecule has 0 aliphatic rings. The summed E-state index contributed by atoms with van der Waals surface area (Å²) in [6.07, 6.45) is 2.66. The van der Waals surface area contributed by atoms with Gasteiger partial charge in [-0.05, 0) is 15.9 Å². The van der Waals surface area contributed by atoms with E-state index in [-0.39, 0.29) is 0 Å². The summed E-state index contributed by atoms with van der Waals surface area (Å²) in [5.41, 5.74) is 8.11. The molecule has 0 fully saturated rings. The molecule has 1 rings (SSSR count). The molecule has 0 aromatic carbocycles. The second kappa shape index (κ2) is 5.52. The number of aromatic nitrogens is 1. The fraction of sp³-hybridized carbons (Fsp3) is 0.125. The average molecular weight is 271 g/mol. The Kier molecular flexibility index (Phi) is 4.29. The zero-order valence-electron chi connectivity index (χ0n) is 7.14. The van der Waals surface area contributed by atoms with Crippen LogP contribution in [-0.4, -0.2) is 11.2 Å². The fourth-order valence-electron chi connectivity index (χ4n) is 0.698. The Balaban J connectivity index is 2.58. The molecule has 1 aromatic heterocycles. The first-order valence-corrected chi connectivity index (χ1v) is 5.35. The Morgan fingerprint density at radius 1 is 1.86 bits per heavy atom. The van der Waals surface area contributed by atoms with Gasteiger partial charge in [-0.15, -0.1) is 11.3 Å². The minimum Gasteiger partial charge on any atom is -0.403 e. The van der Waals surface area contributed by atoms with Gasteiger partial charge in [0.1, 0.15) is 6.07 Å². The molecule has 1 aromatic rings. The Bertz CT molecular complexity index is 402. The zero-order chi connectivity index (χ0) is 10.4. The topological polar surface area (TPSA) is 75.1 Å². The van der Waals surface area contributed by atoms with Crippen LogP contribution < -0.4 is 5.73 Å². The largest absolute Gasteiger partial charge is 0.403 e. The maximum Gasteiger partial charge on any atom is 0.102 e. The number of nitrogens with zero attached hydrogens (tertiary/aromatic N) is 3. The smallest absolute Gasteiger partial charge is 0.102 e. The highest BCUT2D eigenvalue weighted by Crippen LogP contribution is 2.20. The summed E-state index contributed by atoms with van der Waals surface area (Å²) in [4.78, 5) is 8.12. The van der Waals surface area contributed by atoms with E-state index < -0.39 is 0 Å². The zero-order valence-corrected chi connectivity index (χ0v) is 9.55. The van der Waals surface area contributed by atoms with E-state index in [1.165, 1.54) is 23.8 Å². The van der Waals surface area contributed by atoms with Crippen molar-refractivity contribution in [3.05, 3.63) is 26.8 Å². The minimum absolute atomic E-state index is 0.344. The van der Waals surface area contributed by atoms with Crippen LogP contribution in [0.1, 0.15) is 5.69 Å². The summed E-state index contributed by atoms with van der Waals surface area (Å²) in [5, 5.41) is 8.53. The minimum atomic E-state index is 0.344. The van der Waals surface area contributed by atoms with Crippen molar-refractivity contribution in [3.8, 4) is 6.07 Å². The van der Waals surface area contributed by atoms with Gasteiger partial charge in [0.2, 0.25) is 0 Å². The molecule has 0 spiro atoms. The number of allylic oxidation sites excluding steroid dienone is 1. The van der Waals surface area contributed by atoms with Crippen LogP contribution in [0.4, 0.5) is 0 Å². The number of nitrogens with two attached hydrogens (primary N) is 1. The van der Waals surface area contributed by atoms with Crippen LogP contribution in [0.5, 0.6) is 0 Å². The van der Waals surface area contributed by atoms with Gasteiger partial charge in [-0.2, -0.15) is 5.26 Å². The maximum absolute atomic E-state index is 8.53. The second-order valence-corrected chi connectivity index (χ2v) is 4.45. The number of hydrogen-bond acceptors (Lipinski definition) is 5. The van der Waals surface area contributed by atoms with Crippen LogP contribution in [0.25, 0.3) is 0 Å². The van der Waals surface area contributed by atoms with Crippen LogP contribution in [0.3, 0.4) is 0 Å². The van der Waals surface area contributed by atoms with Crippen molar-refractivity contribution in [3.63, 3.8) is 0 Å². The molecule has 0 aliphatic carbocycles. The summed E-state index contributed by atoms with van der Waals surface area (Å²) < 4.78 is 0.963. The standard InChI is InChI=1S/C8H7BrN4S/c9-8-7(13-5-14-8)4-12-3-6(1-10)2-11/h1,3,5H,4,10H2. The maximum atomic E-state index is 8.53. The van der Waals surface area contributed by atoms with E-state index in [1.54, 1.807) is 5.51 Å². The summed E-state index contributed by atoms with van der Waals surface area (Å²) in [6, 6.07) is 1.90. The molecule has 14 heavy (non-hydrogen) atoms. The van der Waals surface area contributed by atoms with Gasteiger partial charge in [0.25, 0.3) is 0 Å². The Morgan fingerprint density at radius 3 is 3.14 bits per heavy atom. The van der Waals surface area contributed by atoms with Gasteiger partial charge in [-0.3, -0.25) is 4.99 Å². The lowest BCUT2D eigenvalue weighted by atomic mass is 10.3. The molecule has 4 nitrogen and oxygen atoms in total. The Morgan fingerprint density at radius 2 is 2.64 bits per heavy atom. The molecule has 0 atom stereocenters. The molecule has 0 saturated carbocycles. The quantitative estimate of drug-likeness (QED) is 0.673.